The Hall–Kier alpha value is -3.28. The van der Waals surface area contributed by atoms with Gasteiger partial charge in [-0.25, -0.2) is 22.5 Å². The number of rotatable bonds is 6. The lowest BCUT2D eigenvalue weighted by Crippen LogP contribution is -2.55. The van der Waals surface area contributed by atoms with Crippen LogP contribution in [0.25, 0.3) is 11.3 Å². The zero-order valence-corrected chi connectivity index (χ0v) is 21.5. The van der Waals surface area contributed by atoms with Crippen LogP contribution in [0.1, 0.15) is 31.0 Å². The average Bonchev–Trinajstić information content (AvgIpc) is 2.92. The van der Waals surface area contributed by atoms with Gasteiger partial charge in [-0.1, -0.05) is 6.92 Å². The fourth-order valence-electron chi connectivity index (χ4n) is 5.29. The van der Waals surface area contributed by atoms with E-state index in [2.05, 4.69) is 20.2 Å². The van der Waals surface area contributed by atoms with Crippen molar-refractivity contribution in [2.45, 2.75) is 44.1 Å². The summed E-state index contributed by atoms with van der Waals surface area (Å²) in [7, 11) is 0. The summed E-state index contributed by atoms with van der Waals surface area (Å²) in [4.78, 5) is 10.4. The van der Waals surface area contributed by atoms with Gasteiger partial charge in [0.25, 0.3) is 0 Å². The molecule has 0 spiro atoms. The van der Waals surface area contributed by atoms with Crippen LogP contribution < -0.4 is 16.0 Å². The van der Waals surface area contributed by atoms with Gasteiger partial charge in [0, 0.05) is 57.3 Å². The maximum Gasteiger partial charge on any atom is 0.149 e. The molecular weight excluding hydrogens is 514 g/mol. The van der Waals surface area contributed by atoms with E-state index in [0.717, 1.165) is 23.9 Å². The molecule has 3 atom stereocenters. The molecule has 3 aromatic rings. The van der Waals surface area contributed by atoms with Crippen LogP contribution >= 0.6 is 0 Å². The van der Waals surface area contributed by atoms with Gasteiger partial charge in [-0.05, 0) is 35.9 Å². The number of aliphatic hydroxyl groups excluding tert-OH is 1. The number of anilines is 2. The molecule has 208 valence electrons. The quantitative estimate of drug-likeness (QED) is 0.398. The number of piperidine rings is 1. The number of ether oxygens (including phenoxy) is 1. The number of hydrogen-bond donors (Lipinski definition) is 3. The fourth-order valence-corrected chi connectivity index (χ4v) is 5.29. The lowest BCUT2D eigenvalue weighted by Gasteiger charge is -2.40. The number of alkyl halides is 1. The van der Waals surface area contributed by atoms with E-state index in [9.17, 15) is 9.50 Å². The molecule has 2 aliphatic heterocycles. The molecule has 1 aromatic carbocycles. The van der Waals surface area contributed by atoms with Crippen molar-refractivity contribution in [3.8, 4) is 11.3 Å². The number of nitrogens with zero attached hydrogens (tertiary/aromatic N) is 3. The largest absolute Gasteiger partial charge is 0.391 e. The molecule has 2 saturated heterocycles. The maximum atomic E-state index is 15.3. The Kier molecular flexibility index (Phi) is 7.75. The highest BCUT2D eigenvalue weighted by Gasteiger charge is 2.36. The molecule has 11 heteroatoms. The summed E-state index contributed by atoms with van der Waals surface area (Å²) in [6.45, 7) is 3.38. The van der Waals surface area contributed by atoms with Crippen LogP contribution in [-0.2, 0) is 17.0 Å². The van der Waals surface area contributed by atoms with Crippen molar-refractivity contribution >= 4 is 11.4 Å². The first kappa shape index (κ1) is 27.3. The molecule has 0 saturated carbocycles. The molecular formula is C28H31F4N5O2. The van der Waals surface area contributed by atoms with E-state index in [-0.39, 0.29) is 44.1 Å². The second kappa shape index (κ2) is 11.1. The SMILES string of the molecule is CC1CN(c2ccncc2NCc2ccc(F)c(-c3c(F)cc(C4(F)CCOCC4)cc3F)n2)CC(N)C1O. The summed E-state index contributed by atoms with van der Waals surface area (Å²) in [6, 6.07) is 5.76. The molecule has 39 heavy (non-hydrogen) atoms. The van der Waals surface area contributed by atoms with Gasteiger partial charge >= 0.3 is 0 Å². The van der Waals surface area contributed by atoms with Crippen molar-refractivity contribution in [1.82, 2.24) is 9.97 Å². The molecule has 0 aliphatic carbocycles. The Bertz CT molecular complexity index is 1300. The molecule has 4 N–H and O–H groups in total. The van der Waals surface area contributed by atoms with Crippen LogP contribution in [0.4, 0.5) is 28.9 Å². The Labute approximate surface area is 224 Å². The van der Waals surface area contributed by atoms with E-state index in [0.29, 0.717) is 24.5 Å². The van der Waals surface area contributed by atoms with Gasteiger partial charge in [0.05, 0.1) is 41.5 Å². The van der Waals surface area contributed by atoms with E-state index >= 15 is 13.2 Å². The molecule has 0 amide bonds. The number of nitrogens with one attached hydrogen (secondary N) is 1. The van der Waals surface area contributed by atoms with Gasteiger partial charge in [-0.3, -0.25) is 4.98 Å². The highest BCUT2D eigenvalue weighted by molar-refractivity contribution is 5.69. The molecule has 4 heterocycles. The highest BCUT2D eigenvalue weighted by atomic mass is 19.1. The first-order valence-electron chi connectivity index (χ1n) is 12.9. The van der Waals surface area contributed by atoms with Crippen LogP contribution in [-0.4, -0.2) is 53.5 Å². The van der Waals surface area contributed by atoms with Crippen molar-refractivity contribution in [2.75, 3.05) is 36.5 Å². The van der Waals surface area contributed by atoms with Crippen LogP contribution in [0.2, 0.25) is 0 Å². The van der Waals surface area contributed by atoms with Gasteiger partial charge in [0.2, 0.25) is 0 Å². The number of benzene rings is 1. The lowest BCUT2D eigenvalue weighted by atomic mass is 9.87. The van der Waals surface area contributed by atoms with Gasteiger partial charge in [-0.15, -0.1) is 0 Å². The van der Waals surface area contributed by atoms with Crippen molar-refractivity contribution in [3.05, 3.63) is 71.4 Å². The van der Waals surface area contributed by atoms with Crippen molar-refractivity contribution < 1.29 is 27.4 Å². The minimum atomic E-state index is -1.91. The molecule has 2 aromatic heterocycles. The van der Waals surface area contributed by atoms with Crippen molar-refractivity contribution in [3.63, 3.8) is 0 Å². The van der Waals surface area contributed by atoms with Crippen LogP contribution in [0.3, 0.4) is 0 Å². The second-order valence-corrected chi connectivity index (χ2v) is 10.3. The second-order valence-electron chi connectivity index (χ2n) is 10.3. The smallest absolute Gasteiger partial charge is 0.149 e. The van der Waals surface area contributed by atoms with Crippen LogP contribution in [0.15, 0.2) is 42.7 Å². The first-order valence-corrected chi connectivity index (χ1v) is 12.9. The fraction of sp³-hybridized carbons (Fsp3) is 0.429. The minimum Gasteiger partial charge on any atom is -0.391 e. The van der Waals surface area contributed by atoms with E-state index in [1.54, 1.807) is 12.4 Å². The third kappa shape index (κ3) is 5.57. The molecule has 0 bridgehead atoms. The monoisotopic (exact) mass is 545 g/mol. The summed E-state index contributed by atoms with van der Waals surface area (Å²) >= 11 is 0. The standard InChI is InChI=1S/C28H31F4N5O2/c1-16-14-37(15-22(33)27(16)38)24-4-7-34-13-23(24)35-12-18-2-3-19(29)26(36-18)25-20(30)10-17(11-21(25)31)28(32)5-8-39-9-6-28/h2-4,7,10-11,13,16,22,27,35,38H,5-6,8-9,12,14-15,33H2,1H3. The van der Waals surface area contributed by atoms with Gasteiger partial charge in [0.15, 0.2) is 0 Å². The summed E-state index contributed by atoms with van der Waals surface area (Å²) in [5.74, 6) is -3.11. The third-order valence-electron chi connectivity index (χ3n) is 7.55. The molecule has 3 unspecified atom stereocenters. The Morgan fingerprint density at radius 1 is 1.10 bits per heavy atom. The van der Waals surface area contributed by atoms with Gasteiger partial charge in [0.1, 0.15) is 28.8 Å². The number of nitrogens with two attached hydrogens (primary N) is 1. The van der Waals surface area contributed by atoms with E-state index < -0.39 is 46.5 Å². The number of aliphatic hydroxyl groups is 1. The summed E-state index contributed by atoms with van der Waals surface area (Å²) in [5.41, 5.74) is 4.74. The lowest BCUT2D eigenvalue weighted by molar-refractivity contribution is -0.0117. The first-order chi connectivity index (χ1) is 18.7. The minimum absolute atomic E-state index is 0.0157. The van der Waals surface area contributed by atoms with Crippen LogP contribution in [0, 0.1) is 23.4 Å². The maximum absolute atomic E-state index is 15.3. The van der Waals surface area contributed by atoms with Crippen LogP contribution in [0.5, 0.6) is 0 Å². The highest BCUT2D eigenvalue weighted by Crippen LogP contribution is 2.39. The van der Waals surface area contributed by atoms with Crippen molar-refractivity contribution in [2.24, 2.45) is 11.7 Å². The number of pyridine rings is 2. The Morgan fingerprint density at radius 2 is 1.82 bits per heavy atom. The average molecular weight is 546 g/mol. The zero-order chi connectivity index (χ0) is 27.7. The van der Waals surface area contributed by atoms with Gasteiger partial charge < -0.3 is 25.8 Å². The van der Waals surface area contributed by atoms with Gasteiger partial charge in [-0.2, -0.15) is 0 Å². The van der Waals surface area contributed by atoms with E-state index in [1.807, 2.05) is 13.0 Å². The number of aromatic nitrogens is 2. The predicted molar refractivity (Wildman–Crippen MR) is 139 cm³/mol. The molecule has 2 fully saturated rings. The predicted octanol–water partition coefficient (Wildman–Crippen LogP) is 4.29. The molecule has 2 aliphatic rings. The van der Waals surface area contributed by atoms with E-state index in [4.69, 9.17) is 10.5 Å². The molecule has 0 radical (unpaired) electrons. The molecule has 7 nitrogen and oxygen atoms in total. The van der Waals surface area contributed by atoms with Crippen molar-refractivity contribution in [1.29, 1.82) is 0 Å². The summed E-state index contributed by atoms with van der Waals surface area (Å²) in [6.07, 6.45) is 2.65. The number of halogens is 4. The summed E-state index contributed by atoms with van der Waals surface area (Å²) < 4.78 is 65.5. The zero-order valence-electron chi connectivity index (χ0n) is 21.5. The normalized spacial score (nSPS) is 23.1. The van der Waals surface area contributed by atoms with E-state index in [1.165, 1.54) is 6.07 Å². The molecule has 5 rings (SSSR count). The number of hydrogen-bond acceptors (Lipinski definition) is 7. The Balaban J connectivity index is 1.38. The topological polar surface area (TPSA) is 96.5 Å². The Morgan fingerprint density at radius 3 is 2.51 bits per heavy atom. The third-order valence-corrected chi connectivity index (χ3v) is 7.55. The summed E-state index contributed by atoms with van der Waals surface area (Å²) in [5, 5.41) is 13.4.